The molecule has 0 bridgehead atoms. The summed E-state index contributed by atoms with van der Waals surface area (Å²) in [5, 5.41) is 18.8. The van der Waals surface area contributed by atoms with Gasteiger partial charge in [-0.2, -0.15) is 5.06 Å². The highest BCUT2D eigenvalue weighted by Gasteiger charge is 2.07. The van der Waals surface area contributed by atoms with Crippen LogP contribution < -0.4 is 0 Å². The first-order valence-corrected chi connectivity index (χ1v) is 3.36. The zero-order valence-corrected chi connectivity index (χ0v) is 6.04. The molecule has 0 aliphatic rings. The third-order valence-electron chi connectivity index (χ3n) is 1.21. The molecule has 9 heavy (non-hydrogen) atoms. The number of hydrogen-bond acceptors (Lipinski definition) is 3. The molecular formula is C6H15NO2. The van der Waals surface area contributed by atoms with Crippen LogP contribution >= 0.6 is 0 Å². The monoisotopic (exact) mass is 133 g/mol. The zero-order valence-electron chi connectivity index (χ0n) is 6.04. The molecule has 0 rings (SSSR count). The summed E-state index contributed by atoms with van der Waals surface area (Å²) in [4.78, 5) is 0. The van der Waals surface area contributed by atoms with Crippen molar-refractivity contribution in [2.45, 2.75) is 32.9 Å². The standard InChI is InChI=1S/C6H15NO2/c1-3-5-6(8)7(9)4-2/h6,8-9H,3-5H2,1-2H3. The molecule has 0 heterocycles. The van der Waals surface area contributed by atoms with Gasteiger partial charge in [0.1, 0.15) is 6.23 Å². The Kier molecular flexibility index (Phi) is 4.67. The predicted octanol–water partition coefficient (Wildman–Crippen LogP) is 0.816. The van der Waals surface area contributed by atoms with Gasteiger partial charge in [0, 0.05) is 6.54 Å². The van der Waals surface area contributed by atoms with E-state index >= 15 is 0 Å². The SMILES string of the molecule is CCCC(O)N(O)CC. The van der Waals surface area contributed by atoms with Gasteiger partial charge < -0.3 is 10.3 Å². The quantitative estimate of drug-likeness (QED) is 0.440. The van der Waals surface area contributed by atoms with Gasteiger partial charge in [0.25, 0.3) is 0 Å². The zero-order chi connectivity index (χ0) is 7.28. The average molecular weight is 133 g/mol. The van der Waals surface area contributed by atoms with Gasteiger partial charge in [-0.05, 0) is 13.3 Å². The van der Waals surface area contributed by atoms with Gasteiger partial charge in [-0.1, -0.05) is 13.3 Å². The number of aliphatic hydroxyl groups is 1. The van der Waals surface area contributed by atoms with Gasteiger partial charge in [-0.15, -0.1) is 0 Å². The summed E-state index contributed by atoms with van der Waals surface area (Å²) < 4.78 is 0. The summed E-state index contributed by atoms with van der Waals surface area (Å²) in [7, 11) is 0. The molecule has 3 heteroatoms. The molecule has 2 N–H and O–H groups in total. The minimum atomic E-state index is -0.681. The molecule has 0 amide bonds. The molecule has 0 radical (unpaired) electrons. The van der Waals surface area contributed by atoms with Gasteiger partial charge in [0.15, 0.2) is 0 Å². The van der Waals surface area contributed by atoms with Gasteiger partial charge in [0.2, 0.25) is 0 Å². The second-order valence-electron chi connectivity index (χ2n) is 2.02. The lowest BCUT2D eigenvalue weighted by molar-refractivity contribution is -0.194. The van der Waals surface area contributed by atoms with Crippen molar-refractivity contribution < 1.29 is 10.3 Å². The molecule has 0 aliphatic carbocycles. The lowest BCUT2D eigenvalue weighted by atomic mass is 10.3. The summed E-state index contributed by atoms with van der Waals surface area (Å²) >= 11 is 0. The Hall–Kier alpha value is -0.120. The first kappa shape index (κ1) is 8.88. The van der Waals surface area contributed by atoms with Crippen molar-refractivity contribution in [3.63, 3.8) is 0 Å². The third-order valence-corrected chi connectivity index (χ3v) is 1.21. The van der Waals surface area contributed by atoms with Crippen molar-refractivity contribution in [1.82, 2.24) is 5.06 Å². The fourth-order valence-corrected chi connectivity index (χ4v) is 0.618. The van der Waals surface area contributed by atoms with Crippen molar-refractivity contribution in [1.29, 1.82) is 0 Å². The van der Waals surface area contributed by atoms with E-state index in [0.29, 0.717) is 13.0 Å². The largest absolute Gasteiger partial charge is 0.376 e. The van der Waals surface area contributed by atoms with Crippen molar-refractivity contribution >= 4 is 0 Å². The first-order chi connectivity index (χ1) is 4.22. The van der Waals surface area contributed by atoms with Gasteiger partial charge in [-0.25, -0.2) is 0 Å². The molecule has 1 unspecified atom stereocenters. The van der Waals surface area contributed by atoms with E-state index in [9.17, 15) is 0 Å². The Balaban J connectivity index is 3.32. The fraction of sp³-hybridized carbons (Fsp3) is 1.00. The van der Waals surface area contributed by atoms with Crippen LogP contribution in [-0.4, -0.2) is 28.1 Å². The smallest absolute Gasteiger partial charge is 0.129 e. The van der Waals surface area contributed by atoms with Gasteiger partial charge in [0.05, 0.1) is 0 Å². The van der Waals surface area contributed by atoms with Crippen LogP contribution in [0.25, 0.3) is 0 Å². The summed E-state index contributed by atoms with van der Waals surface area (Å²) in [6.07, 6.45) is 0.836. The summed E-state index contributed by atoms with van der Waals surface area (Å²) in [5.41, 5.74) is 0. The number of hydroxylamine groups is 2. The number of rotatable bonds is 4. The summed E-state index contributed by atoms with van der Waals surface area (Å²) in [6, 6.07) is 0. The summed E-state index contributed by atoms with van der Waals surface area (Å²) in [5.74, 6) is 0. The van der Waals surface area contributed by atoms with Crippen LogP contribution in [0.4, 0.5) is 0 Å². The van der Waals surface area contributed by atoms with E-state index in [2.05, 4.69) is 0 Å². The van der Waals surface area contributed by atoms with Gasteiger partial charge in [-0.3, -0.25) is 0 Å². The van der Waals surface area contributed by atoms with E-state index < -0.39 is 6.23 Å². The maximum atomic E-state index is 8.99. The van der Waals surface area contributed by atoms with E-state index in [-0.39, 0.29) is 0 Å². The highest BCUT2D eigenvalue weighted by atomic mass is 16.5. The average Bonchev–Trinajstić information content (AvgIpc) is 1.87. The van der Waals surface area contributed by atoms with Crippen LogP contribution in [0.3, 0.4) is 0 Å². The second kappa shape index (κ2) is 4.73. The Morgan fingerprint density at radius 2 is 2.00 bits per heavy atom. The molecule has 1 atom stereocenters. The van der Waals surface area contributed by atoms with E-state index in [1.165, 1.54) is 0 Å². The summed E-state index contributed by atoms with van der Waals surface area (Å²) in [6.45, 7) is 4.23. The Morgan fingerprint density at radius 3 is 2.33 bits per heavy atom. The molecule has 0 saturated heterocycles. The molecule has 0 fully saturated rings. The molecule has 0 aromatic heterocycles. The van der Waals surface area contributed by atoms with Crippen LogP contribution in [0, 0.1) is 0 Å². The van der Waals surface area contributed by atoms with Crippen LogP contribution in [-0.2, 0) is 0 Å². The van der Waals surface area contributed by atoms with Crippen molar-refractivity contribution in [2.24, 2.45) is 0 Å². The molecule has 0 spiro atoms. The maximum Gasteiger partial charge on any atom is 0.129 e. The second-order valence-corrected chi connectivity index (χ2v) is 2.02. The number of hydrogen-bond donors (Lipinski definition) is 2. The Labute approximate surface area is 55.9 Å². The fourth-order valence-electron chi connectivity index (χ4n) is 0.618. The first-order valence-electron chi connectivity index (χ1n) is 3.36. The normalized spacial score (nSPS) is 14.3. The highest BCUT2D eigenvalue weighted by molar-refractivity contribution is 4.46. The van der Waals surface area contributed by atoms with Crippen molar-refractivity contribution in [2.75, 3.05) is 6.54 Å². The molecular weight excluding hydrogens is 118 g/mol. The predicted molar refractivity (Wildman–Crippen MR) is 35.1 cm³/mol. The van der Waals surface area contributed by atoms with E-state index in [1.807, 2.05) is 6.92 Å². The Morgan fingerprint density at radius 1 is 1.44 bits per heavy atom. The minimum Gasteiger partial charge on any atom is -0.376 e. The van der Waals surface area contributed by atoms with Crippen molar-refractivity contribution in [3.8, 4) is 0 Å². The lowest BCUT2D eigenvalue weighted by Crippen LogP contribution is -2.31. The maximum absolute atomic E-state index is 8.99. The molecule has 3 nitrogen and oxygen atoms in total. The molecule has 0 saturated carbocycles. The molecule has 0 aliphatic heterocycles. The molecule has 0 aromatic rings. The number of aliphatic hydroxyl groups excluding tert-OH is 1. The van der Waals surface area contributed by atoms with Crippen LogP contribution in [0.15, 0.2) is 0 Å². The van der Waals surface area contributed by atoms with Crippen molar-refractivity contribution in [3.05, 3.63) is 0 Å². The highest BCUT2D eigenvalue weighted by Crippen LogP contribution is 1.98. The minimum absolute atomic E-state index is 0.473. The van der Waals surface area contributed by atoms with E-state index in [1.54, 1.807) is 6.92 Å². The van der Waals surface area contributed by atoms with Crippen LogP contribution in [0.5, 0.6) is 0 Å². The van der Waals surface area contributed by atoms with Crippen LogP contribution in [0.2, 0.25) is 0 Å². The van der Waals surface area contributed by atoms with Crippen LogP contribution in [0.1, 0.15) is 26.7 Å². The lowest BCUT2D eigenvalue weighted by Gasteiger charge is -2.18. The Bertz CT molecular complexity index is 68.1. The van der Waals surface area contributed by atoms with E-state index in [4.69, 9.17) is 10.3 Å². The third kappa shape index (κ3) is 3.46. The molecule has 56 valence electrons. The van der Waals surface area contributed by atoms with E-state index in [0.717, 1.165) is 11.5 Å². The van der Waals surface area contributed by atoms with Gasteiger partial charge >= 0.3 is 0 Å². The topological polar surface area (TPSA) is 43.7 Å². The number of nitrogens with zero attached hydrogens (tertiary/aromatic N) is 1. The molecule has 0 aromatic carbocycles.